The molecule has 3 rings (SSSR count). The summed E-state index contributed by atoms with van der Waals surface area (Å²) in [6, 6.07) is 11.4. The van der Waals surface area contributed by atoms with Gasteiger partial charge < -0.3 is 30.6 Å². The number of methoxy groups -OCH3 is 2. The molecule has 0 spiro atoms. The lowest BCUT2D eigenvalue weighted by atomic mass is 10.1. The number of amidine groups is 1. The molecule has 0 aliphatic carbocycles. The van der Waals surface area contributed by atoms with Crippen LogP contribution in [0.3, 0.4) is 0 Å². The van der Waals surface area contributed by atoms with Gasteiger partial charge in [-0.2, -0.15) is 0 Å². The number of carbonyl (C=O) groups is 2. The molecule has 3 aromatic carbocycles. The Morgan fingerprint density at radius 2 is 1.64 bits per heavy atom. The highest BCUT2D eigenvalue weighted by molar-refractivity contribution is 5.95. The average molecular weight is 567 g/mol. The number of ether oxygens (including phenoxy) is 3. The molecule has 39 heavy (non-hydrogen) atoms. The molecule has 5 N–H and O–H groups in total. The number of benzene rings is 3. The third-order valence-corrected chi connectivity index (χ3v) is 5.34. The van der Waals surface area contributed by atoms with Crippen molar-refractivity contribution < 1.29 is 37.0 Å². The van der Waals surface area contributed by atoms with Crippen LogP contribution in [0.4, 0.5) is 18.9 Å². The molecule has 0 aliphatic heterocycles. The van der Waals surface area contributed by atoms with Crippen LogP contribution in [0.2, 0.25) is 0 Å². The van der Waals surface area contributed by atoms with Crippen LogP contribution in [-0.2, 0) is 20.9 Å². The second-order valence-corrected chi connectivity index (χ2v) is 7.92. The minimum absolute atomic E-state index is 0. The van der Waals surface area contributed by atoms with Gasteiger partial charge in [0.05, 0.1) is 12.7 Å². The second-order valence-electron chi connectivity index (χ2n) is 7.92. The van der Waals surface area contributed by atoms with Crippen LogP contribution in [-0.4, -0.2) is 38.5 Å². The van der Waals surface area contributed by atoms with E-state index in [1.54, 1.807) is 0 Å². The van der Waals surface area contributed by atoms with Crippen molar-refractivity contribution in [3.63, 3.8) is 0 Å². The van der Waals surface area contributed by atoms with E-state index in [1.165, 1.54) is 49.6 Å². The van der Waals surface area contributed by atoms with E-state index in [0.29, 0.717) is 16.8 Å². The molecule has 0 saturated heterocycles. The third-order valence-electron chi connectivity index (χ3n) is 5.34. The van der Waals surface area contributed by atoms with Gasteiger partial charge in [-0.15, -0.1) is 12.4 Å². The Morgan fingerprint density at radius 1 is 1.00 bits per heavy atom. The molecule has 0 unspecified atom stereocenters. The van der Waals surface area contributed by atoms with Crippen LogP contribution in [0.1, 0.15) is 22.8 Å². The Labute approximate surface area is 228 Å². The van der Waals surface area contributed by atoms with Crippen LogP contribution in [0, 0.1) is 22.9 Å². The van der Waals surface area contributed by atoms with Crippen molar-refractivity contribution >= 4 is 35.7 Å². The van der Waals surface area contributed by atoms with E-state index in [9.17, 15) is 22.8 Å². The Balaban J connectivity index is 0.00000533. The van der Waals surface area contributed by atoms with Crippen LogP contribution < -0.4 is 25.8 Å². The molecule has 2 amide bonds. The summed E-state index contributed by atoms with van der Waals surface area (Å²) in [7, 11) is 2.38. The zero-order valence-corrected chi connectivity index (χ0v) is 21.7. The summed E-state index contributed by atoms with van der Waals surface area (Å²) in [4.78, 5) is 25.1. The molecule has 0 radical (unpaired) electrons. The standard InChI is InChI=1S/C26H25F3N4O5.ClH/c1-36-18-10-19(28)23(20(29)11-18)24(37-2)26(35)32-12-15-4-3-14(25(30)31)9-21(15)38-13-22(34)33-17-7-5-16(27)6-8-17;/h3-11,24H,12-13H2,1-2H3,(H3,30,31)(H,32,35)(H,33,34);1H/t24-;/m0./s1. The second kappa shape index (κ2) is 14.0. The molecule has 0 aliphatic rings. The van der Waals surface area contributed by atoms with E-state index in [2.05, 4.69) is 10.6 Å². The zero-order chi connectivity index (χ0) is 27.8. The smallest absolute Gasteiger partial charge is 0.262 e. The Hall–Kier alpha value is -4.29. The van der Waals surface area contributed by atoms with E-state index < -0.39 is 47.5 Å². The van der Waals surface area contributed by atoms with Gasteiger partial charge in [0.25, 0.3) is 11.8 Å². The van der Waals surface area contributed by atoms with Gasteiger partial charge in [0.1, 0.15) is 34.8 Å². The number of nitrogens with one attached hydrogen (secondary N) is 3. The quantitative estimate of drug-likeness (QED) is 0.206. The highest BCUT2D eigenvalue weighted by Gasteiger charge is 2.28. The molecule has 0 saturated carbocycles. The maximum atomic E-state index is 14.5. The van der Waals surface area contributed by atoms with E-state index in [0.717, 1.165) is 19.2 Å². The molecular weight excluding hydrogens is 541 g/mol. The number of hydrogen-bond donors (Lipinski definition) is 4. The first-order chi connectivity index (χ1) is 18.1. The molecule has 0 heterocycles. The highest BCUT2D eigenvalue weighted by atomic mass is 35.5. The van der Waals surface area contributed by atoms with Gasteiger partial charge in [0.15, 0.2) is 12.7 Å². The summed E-state index contributed by atoms with van der Waals surface area (Å²) in [5, 5.41) is 12.7. The fourth-order valence-corrected chi connectivity index (χ4v) is 3.44. The fourth-order valence-electron chi connectivity index (χ4n) is 3.44. The van der Waals surface area contributed by atoms with E-state index in [1.807, 2.05) is 0 Å². The van der Waals surface area contributed by atoms with Crippen molar-refractivity contribution in [2.45, 2.75) is 12.6 Å². The molecule has 208 valence electrons. The maximum absolute atomic E-state index is 14.5. The van der Waals surface area contributed by atoms with Crippen LogP contribution >= 0.6 is 12.4 Å². The van der Waals surface area contributed by atoms with E-state index >= 15 is 0 Å². The normalized spacial score (nSPS) is 11.1. The molecule has 9 nitrogen and oxygen atoms in total. The Bertz CT molecular complexity index is 1320. The minimum Gasteiger partial charge on any atom is -0.497 e. The first kappa shape index (κ1) is 30.9. The van der Waals surface area contributed by atoms with E-state index in [-0.39, 0.29) is 36.3 Å². The van der Waals surface area contributed by atoms with Gasteiger partial charge in [-0.1, -0.05) is 12.1 Å². The number of anilines is 1. The van der Waals surface area contributed by atoms with Gasteiger partial charge in [-0.25, -0.2) is 13.2 Å². The number of halogens is 4. The number of nitrogen functional groups attached to an aromatic ring is 1. The van der Waals surface area contributed by atoms with Gasteiger partial charge in [0, 0.05) is 42.6 Å². The van der Waals surface area contributed by atoms with Gasteiger partial charge in [-0.05, 0) is 30.3 Å². The lowest BCUT2D eigenvalue weighted by molar-refractivity contribution is -0.132. The summed E-state index contributed by atoms with van der Waals surface area (Å²) in [6.45, 7) is -0.631. The SMILES string of the molecule is COc1cc(F)c([C@H](OC)C(=O)NCc2ccc(C(=N)N)cc2OCC(=O)Nc2ccc(F)cc2)c(F)c1.Cl. The Kier molecular flexibility index (Phi) is 11.1. The topological polar surface area (TPSA) is 136 Å². The lowest BCUT2D eigenvalue weighted by Crippen LogP contribution is -2.31. The van der Waals surface area contributed by atoms with Crippen molar-refractivity contribution in [1.29, 1.82) is 5.41 Å². The summed E-state index contributed by atoms with van der Waals surface area (Å²) in [5.74, 6) is -4.09. The van der Waals surface area contributed by atoms with Crippen molar-refractivity contribution in [3.05, 3.63) is 88.7 Å². The number of rotatable bonds is 11. The summed E-state index contributed by atoms with van der Waals surface area (Å²) >= 11 is 0. The predicted octanol–water partition coefficient (Wildman–Crippen LogP) is 3.84. The molecule has 1 atom stereocenters. The monoisotopic (exact) mass is 566 g/mol. The van der Waals surface area contributed by atoms with E-state index in [4.69, 9.17) is 25.4 Å². The van der Waals surface area contributed by atoms with Crippen molar-refractivity contribution in [3.8, 4) is 11.5 Å². The fraction of sp³-hybridized carbons (Fsp3) is 0.192. The minimum atomic E-state index is -1.61. The van der Waals surface area contributed by atoms with Gasteiger partial charge in [-0.3, -0.25) is 15.0 Å². The third kappa shape index (κ3) is 8.09. The van der Waals surface area contributed by atoms with Gasteiger partial charge >= 0.3 is 0 Å². The van der Waals surface area contributed by atoms with Crippen LogP contribution in [0.25, 0.3) is 0 Å². The first-order valence-electron chi connectivity index (χ1n) is 11.1. The predicted molar refractivity (Wildman–Crippen MR) is 140 cm³/mol. The molecule has 0 bridgehead atoms. The molecular formula is C26H26ClF3N4O5. The number of amides is 2. The molecule has 0 fully saturated rings. The summed E-state index contributed by atoms with van der Waals surface area (Å²) in [6.07, 6.45) is -1.61. The average Bonchev–Trinajstić information content (AvgIpc) is 2.89. The molecule has 0 aromatic heterocycles. The number of nitrogens with two attached hydrogens (primary N) is 1. The van der Waals surface area contributed by atoms with Crippen LogP contribution in [0.5, 0.6) is 11.5 Å². The van der Waals surface area contributed by atoms with Crippen molar-refractivity contribution in [1.82, 2.24) is 5.32 Å². The molecule has 13 heteroatoms. The maximum Gasteiger partial charge on any atom is 0.262 e. The number of hydrogen-bond acceptors (Lipinski definition) is 6. The number of carbonyl (C=O) groups excluding carboxylic acids is 2. The Morgan fingerprint density at radius 3 is 2.21 bits per heavy atom. The van der Waals surface area contributed by atoms with Crippen molar-refractivity contribution in [2.75, 3.05) is 26.1 Å². The van der Waals surface area contributed by atoms with Gasteiger partial charge in [0.2, 0.25) is 0 Å². The first-order valence-corrected chi connectivity index (χ1v) is 11.1. The van der Waals surface area contributed by atoms with Crippen molar-refractivity contribution in [2.24, 2.45) is 5.73 Å². The highest BCUT2D eigenvalue weighted by Crippen LogP contribution is 2.28. The molecule has 3 aromatic rings. The largest absolute Gasteiger partial charge is 0.497 e. The summed E-state index contributed by atoms with van der Waals surface area (Å²) < 4.78 is 57.6. The zero-order valence-electron chi connectivity index (χ0n) is 20.8. The lowest BCUT2D eigenvalue weighted by Gasteiger charge is -2.19. The summed E-state index contributed by atoms with van der Waals surface area (Å²) in [5.41, 5.74) is 5.99. The van der Waals surface area contributed by atoms with Crippen LogP contribution in [0.15, 0.2) is 54.6 Å².